The van der Waals surface area contributed by atoms with Crippen molar-refractivity contribution in [2.24, 2.45) is 0 Å². The monoisotopic (exact) mass is 212 g/mol. The number of hydrogen-bond acceptors (Lipinski definition) is 4. The van der Waals surface area contributed by atoms with E-state index < -0.39 is 0 Å². The van der Waals surface area contributed by atoms with Crippen molar-refractivity contribution in [3.8, 4) is 0 Å². The van der Waals surface area contributed by atoms with Gasteiger partial charge >= 0.3 is 0 Å². The number of rotatable bonds is 4. The highest BCUT2D eigenvalue weighted by molar-refractivity contribution is 7.05. The summed E-state index contributed by atoms with van der Waals surface area (Å²) in [6.07, 6.45) is 0.808. The van der Waals surface area contributed by atoms with Crippen molar-refractivity contribution in [3.05, 3.63) is 10.8 Å². The van der Waals surface area contributed by atoms with Gasteiger partial charge in [-0.3, -0.25) is 4.79 Å². The summed E-state index contributed by atoms with van der Waals surface area (Å²) in [6.45, 7) is 7.73. The summed E-state index contributed by atoms with van der Waals surface area (Å²) in [5.41, 5.74) is 0. The quantitative estimate of drug-likeness (QED) is 0.770. The molecule has 1 heterocycles. The molecular weight excluding hydrogens is 196 g/mol. The normalized spacial score (nSPS) is 13.2. The molecule has 1 atom stereocenters. The average molecular weight is 212 g/mol. The SMILES string of the molecule is CCC(C(C)=O)c1nc(C(C)C)ns1. The molecule has 0 aromatic carbocycles. The van der Waals surface area contributed by atoms with E-state index in [1.54, 1.807) is 6.92 Å². The first-order valence-corrected chi connectivity index (χ1v) is 5.67. The van der Waals surface area contributed by atoms with E-state index >= 15 is 0 Å². The molecule has 0 radical (unpaired) electrons. The molecule has 78 valence electrons. The number of hydrogen-bond donors (Lipinski definition) is 0. The van der Waals surface area contributed by atoms with Gasteiger partial charge in [0.1, 0.15) is 16.6 Å². The van der Waals surface area contributed by atoms with Gasteiger partial charge in [0.05, 0.1) is 5.92 Å². The van der Waals surface area contributed by atoms with Crippen LogP contribution in [0.25, 0.3) is 0 Å². The zero-order chi connectivity index (χ0) is 10.7. The van der Waals surface area contributed by atoms with E-state index in [2.05, 4.69) is 23.2 Å². The molecule has 0 aliphatic rings. The van der Waals surface area contributed by atoms with Crippen LogP contribution in [0.1, 0.15) is 56.8 Å². The molecule has 0 fully saturated rings. The molecule has 3 nitrogen and oxygen atoms in total. The molecule has 1 rings (SSSR count). The maximum absolute atomic E-state index is 11.3. The van der Waals surface area contributed by atoms with Crippen molar-refractivity contribution in [1.29, 1.82) is 0 Å². The van der Waals surface area contributed by atoms with Gasteiger partial charge in [0, 0.05) is 5.92 Å². The lowest BCUT2D eigenvalue weighted by atomic mass is 10.0. The standard InChI is InChI=1S/C10H16N2OS/c1-5-8(7(4)13)10-11-9(6(2)3)12-14-10/h6,8H,5H2,1-4H3. The average Bonchev–Trinajstić information content (AvgIpc) is 2.53. The van der Waals surface area contributed by atoms with Crippen molar-refractivity contribution in [2.45, 2.75) is 46.0 Å². The second-order valence-corrected chi connectivity index (χ2v) is 4.50. The number of carbonyl (C=O) groups excluding carboxylic acids is 1. The molecule has 4 heteroatoms. The van der Waals surface area contributed by atoms with E-state index in [0.717, 1.165) is 17.3 Å². The highest BCUT2D eigenvalue weighted by atomic mass is 32.1. The third-order valence-electron chi connectivity index (χ3n) is 2.17. The molecule has 14 heavy (non-hydrogen) atoms. The molecule has 0 spiro atoms. The summed E-state index contributed by atoms with van der Waals surface area (Å²) < 4.78 is 4.25. The number of Topliss-reactive ketones (excluding diaryl/α,β-unsaturated/α-hetero) is 1. The highest BCUT2D eigenvalue weighted by Crippen LogP contribution is 2.24. The Hall–Kier alpha value is -0.770. The molecule has 0 saturated heterocycles. The number of aromatic nitrogens is 2. The van der Waals surface area contributed by atoms with Crippen LogP contribution in [0.2, 0.25) is 0 Å². The maximum Gasteiger partial charge on any atom is 0.145 e. The van der Waals surface area contributed by atoms with Gasteiger partial charge in [0.15, 0.2) is 0 Å². The summed E-state index contributed by atoms with van der Waals surface area (Å²) in [7, 11) is 0. The molecule has 1 aromatic rings. The van der Waals surface area contributed by atoms with Gasteiger partial charge in [-0.05, 0) is 24.9 Å². The lowest BCUT2D eigenvalue weighted by Gasteiger charge is -2.05. The summed E-state index contributed by atoms with van der Waals surface area (Å²) in [4.78, 5) is 15.7. The van der Waals surface area contributed by atoms with E-state index in [0.29, 0.717) is 5.92 Å². The number of carbonyl (C=O) groups is 1. The van der Waals surface area contributed by atoms with E-state index in [4.69, 9.17) is 0 Å². The van der Waals surface area contributed by atoms with Crippen molar-refractivity contribution >= 4 is 17.3 Å². The minimum atomic E-state index is -0.0556. The Morgan fingerprint density at radius 1 is 1.50 bits per heavy atom. The molecular formula is C10H16N2OS. The summed E-state index contributed by atoms with van der Waals surface area (Å²) in [5.74, 6) is 1.31. The lowest BCUT2D eigenvalue weighted by Crippen LogP contribution is -2.07. The Kier molecular flexibility index (Phi) is 3.75. The third kappa shape index (κ3) is 2.38. The van der Waals surface area contributed by atoms with Crippen molar-refractivity contribution in [1.82, 2.24) is 9.36 Å². The van der Waals surface area contributed by atoms with Crippen LogP contribution in [-0.4, -0.2) is 15.1 Å². The van der Waals surface area contributed by atoms with Crippen LogP contribution < -0.4 is 0 Å². The summed E-state index contributed by atoms with van der Waals surface area (Å²) >= 11 is 1.36. The predicted molar refractivity (Wildman–Crippen MR) is 57.7 cm³/mol. The Labute approximate surface area is 88.7 Å². The zero-order valence-electron chi connectivity index (χ0n) is 9.07. The Bertz CT molecular complexity index is 320. The second kappa shape index (κ2) is 4.64. The lowest BCUT2D eigenvalue weighted by molar-refractivity contribution is -0.118. The first-order chi connectivity index (χ1) is 6.56. The Morgan fingerprint density at radius 3 is 2.50 bits per heavy atom. The van der Waals surface area contributed by atoms with Gasteiger partial charge in [-0.15, -0.1) is 0 Å². The van der Waals surface area contributed by atoms with Crippen LogP contribution in [0.4, 0.5) is 0 Å². The Balaban J connectivity index is 2.89. The largest absolute Gasteiger partial charge is 0.299 e. The minimum absolute atomic E-state index is 0.0556. The van der Waals surface area contributed by atoms with Crippen LogP contribution in [0.15, 0.2) is 0 Å². The second-order valence-electron chi connectivity index (χ2n) is 3.72. The topological polar surface area (TPSA) is 42.9 Å². The first-order valence-electron chi connectivity index (χ1n) is 4.90. The molecule has 0 aliphatic heterocycles. The predicted octanol–water partition coefficient (Wildman–Crippen LogP) is 2.74. The van der Waals surface area contributed by atoms with Gasteiger partial charge in [-0.25, -0.2) is 4.98 Å². The highest BCUT2D eigenvalue weighted by Gasteiger charge is 2.19. The van der Waals surface area contributed by atoms with Gasteiger partial charge in [0.25, 0.3) is 0 Å². The van der Waals surface area contributed by atoms with E-state index in [1.807, 2.05) is 6.92 Å². The van der Waals surface area contributed by atoms with Gasteiger partial charge in [-0.1, -0.05) is 20.8 Å². The molecule has 0 bridgehead atoms. The smallest absolute Gasteiger partial charge is 0.145 e. The van der Waals surface area contributed by atoms with Gasteiger partial charge in [0.2, 0.25) is 0 Å². The van der Waals surface area contributed by atoms with Gasteiger partial charge in [-0.2, -0.15) is 4.37 Å². The molecule has 0 aliphatic carbocycles. The Morgan fingerprint density at radius 2 is 2.14 bits per heavy atom. The van der Waals surface area contributed by atoms with Crippen LogP contribution in [-0.2, 0) is 4.79 Å². The van der Waals surface area contributed by atoms with Crippen LogP contribution >= 0.6 is 11.5 Å². The van der Waals surface area contributed by atoms with Crippen LogP contribution in [0, 0.1) is 0 Å². The van der Waals surface area contributed by atoms with Crippen molar-refractivity contribution < 1.29 is 4.79 Å². The van der Waals surface area contributed by atoms with Crippen molar-refractivity contribution in [2.75, 3.05) is 0 Å². The summed E-state index contributed by atoms with van der Waals surface area (Å²) in [6, 6.07) is 0. The molecule has 0 N–H and O–H groups in total. The molecule has 0 amide bonds. The fourth-order valence-electron chi connectivity index (χ4n) is 1.26. The van der Waals surface area contributed by atoms with Crippen LogP contribution in [0.3, 0.4) is 0 Å². The number of nitrogens with zero attached hydrogens (tertiary/aromatic N) is 2. The minimum Gasteiger partial charge on any atom is -0.299 e. The fraction of sp³-hybridized carbons (Fsp3) is 0.700. The summed E-state index contributed by atoms with van der Waals surface area (Å²) in [5, 5.41) is 0.865. The fourth-order valence-corrected chi connectivity index (χ4v) is 2.29. The first kappa shape index (κ1) is 11.3. The van der Waals surface area contributed by atoms with E-state index in [1.165, 1.54) is 11.5 Å². The molecule has 1 unspecified atom stereocenters. The van der Waals surface area contributed by atoms with Crippen LogP contribution in [0.5, 0.6) is 0 Å². The molecule has 0 saturated carbocycles. The van der Waals surface area contributed by atoms with Crippen molar-refractivity contribution in [3.63, 3.8) is 0 Å². The maximum atomic E-state index is 11.3. The third-order valence-corrected chi connectivity index (χ3v) is 3.01. The van der Waals surface area contributed by atoms with E-state index in [9.17, 15) is 4.79 Å². The van der Waals surface area contributed by atoms with E-state index in [-0.39, 0.29) is 11.7 Å². The zero-order valence-corrected chi connectivity index (χ0v) is 9.89. The van der Waals surface area contributed by atoms with Gasteiger partial charge < -0.3 is 0 Å². The number of ketones is 1. The molecule has 1 aromatic heterocycles.